The Kier molecular flexibility index (Phi) is 5.63. The molecule has 1 aromatic heterocycles. The summed E-state index contributed by atoms with van der Waals surface area (Å²) in [5.74, 6) is 1.15. The largest absolute Gasteiger partial charge is 0.357 e. The van der Waals surface area contributed by atoms with Gasteiger partial charge in [-0.05, 0) is 20.8 Å². The lowest BCUT2D eigenvalue weighted by atomic mass is 9.94. The highest BCUT2D eigenvalue weighted by atomic mass is 16.2. The minimum Gasteiger partial charge on any atom is -0.357 e. The van der Waals surface area contributed by atoms with Crippen molar-refractivity contribution >= 4 is 11.9 Å². The van der Waals surface area contributed by atoms with Crippen molar-refractivity contribution in [2.45, 2.75) is 33.2 Å². The molecule has 1 saturated heterocycles. The molecule has 1 fully saturated rings. The van der Waals surface area contributed by atoms with Crippen molar-refractivity contribution in [3.63, 3.8) is 0 Å². The number of aromatic nitrogens is 2. The highest BCUT2D eigenvalue weighted by molar-refractivity contribution is 5.81. The van der Waals surface area contributed by atoms with Gasteiger partial charge in [0, 0.05) is 57.3 Å². The summed E-state index contributed by atoms with van der Waals surface area (Å²) in [5.41, 5.74) is 2.22. The zero-order chi connectivity index (χ0) is 17.0. The van der Waals surface area contributed by atoms with Gasteiger partial charge in [-0.1, -0.05) is 0 Å². The van der Waals surface area contributed by atoms with Crippen LogP contribution >= 0.6 is 0 Å². The second kappa shape index (κ2) is 7.48. The quantitative estimate of drug-likeness (QED) is 0.622. The normalized spacial score (nSPS) is 20.7. The van der Waals surface area contributed by atoms with Crippen molar-refractivity contribution in [2.75, 3.05) is 26.7 Å². The number of nitrogens with one attached hydrogen (secondary N) is 2. The summed E-state index contributed by atoms with van der Waals surface area (Å²) in [5, 5.41) is 10.8. The molecule has 0 saturated carbocycles. The zero-order valence-corrected chi connectivity index (χ0v) is 14.8. The van der Waals surface area contributed by atoms with Crippen molar-refractivity contribution in [1.82, 2.24) is 25.3 Å². The van der Waals surface area contributed by atoms with Crippen LogP contribution in [0, 0.1) is 12.8 Å². The van der Waals surface area contributed by atoms with Crippen LogP contribution in [0.4, 0.5) is 0 Å². The zero-order valence-electron chi connectivity index (χ0n) is 14.8. The Morgan fingerprint density at radius 3 is 2.52 bits per heavy atom. The first-order valence-electron chi connectivity index (χ1n) is 8.25. The third-order valence-corrected chi connectivity index (χ3v) is 4.46. The van der Waals surface area contributed by atoms with Gasteiger partial charge in [0.25, 0.3) is 0 Å². The van der Waals surface area contributed by atoms with Gasteiger partial charge in [-0.2, -0.15) is 5.10 Å². The number of hydrogen-bond acceptors (Lipinski definition) is 3. The third-order valence-electron chi connectivity index (χ3n) is 4.46. The van der Waals surface area contributed by atoms with Crippen LogP contribution in [0.2, 0.25) is 0 Å². The van der Waals surface area contributed by atoms with Gasteiger partial charge in [0.15, 0.2) is 5.96 Å². The second-order valence-electron chi connectivity index (χ2n) is 5.97. The summed E-state index contributed by atoms with van der Waals surface area (Å²) in [7, 11) is 3.80. The Bertz CT molecular complexity index is 571. The molecule has 2 N–H and O–H groups in total. The summed E-state index contributed by atoms with van der Waals surface area (Å²) in [6.07, 6.45) is 2.41. The molecule has 0 aromatic carbocycles. The molecule has 1 aliphatic heterocycles. The van der Waals surface area contributed by atoms with Gasteiger partial charge in [-0.15, -0.1) is 0 Å². The second-order valence-corrected chi connectivity index (χ2v) is 5.97. The molecule has 7 nitrogen and oxygen atoms in total. The van der Waals surface area contributed by atoms with E-state index in [1.165, 1.54) is 0 Å². The summed E-state index contributed by atoms with van der Waals surface area (Å²) in [4.78, 5) is 18.7. The number of carbonyl (C=O) groups is 1. The summed E-state index contributed by atoms with van der Waals surface area (Å²) < 4.78 is 1.86. The monoisotopic (exact) mass is 320 g/mol. The number of hydrogen-bond donors (Lipinski definition) is 2. The lowest BCUT2D eigenvalue weighted by Gasteiger charge is -2.24. The van der Waals surface area contributed by atoms with Gasteiger partial charge >= 0.3 is 0 Å². The number of aryl methyl sites for hydroxylation is 1. The summed E-state index contributed by atoms with van der Waals surface area (Å²) >= 11 is 0. The fourth-order valence-electron chi connectivity index (χ4n) is 3.10. The predicted molar refractivity (Wildman–Crippen MR) is 91.2 cm³/mol. The number of rotatable bonds is 5. The van der Waals surface area contributed by atoms with Crippen molar-refractivity contribution in [3.8, 4) is 0 Å². The number of guanidine groups is 1. The van der Waals surface area contributed by atoms with E-state index in [1.807, 2.05) is 50.6 Å². The molecule has 2 rings (SSSR count). The van der Waals surface area contributed by atoms with Crippen LogP contribution in [-0.4, -0.2) is 53.2 Å². The van der Waals surface area contributed by atoms with Crippen LogP contribution in [0.25, 0.3) is 0 Å². The van der Waals surface area contributed by atoms with E-state index in [-0.39, 0.29) is 17.9 Å². The van der Waals surface area contributed by atoms with E-state index in [2.05, 4.69) is 20.7 Å². The van der Waals surface area contributed by atoms with Gasteiger partial charge in [0.1, 0.15) is 0 Å². The Labute approximate surface area is 138 Å². The van der Waals surface area contributed by atoms with Crippen LogP contribution in [-0.2, 0) is 11.8 Å². The Morgan fingerprint density at radius 2 is 2.00 bits per heavy atom. The third kappa shape index (κ3) is 3.65. The first-order chi connectivity index (χ1) is 11.0. The van der Waals surface area contributed by atoms with Crippen molar-refractivity contribution in [1.29, 1.82) is 0 Å². The van der Waals surface area contributed by atoms with Crippen LogP contribution in [0.15, 0.2) is 11.2 Å². The molecule has 1 aromatic rings. The number of aliphatic imine (C=N–C) groups is 1. The highest BCUT2D eigenvalue weighted by Gasteiger charge is 2.39. The van der Waals surface area contributed by atoms with E-state index < -0.39 is 0 Å². The van der Waals surface area contributed by atoms with Gasteiger partial charge in [-0.3, -0.25) is 14.5 Å². The average molecular weight is 320 g/mol. The van der Waals surface area contributed by atoms with Crippen molar-refractivity contribution < 1.29 is 4.79 Å². The number of carbonyl (C=O) groups excluding carboxylic acids is 1. The topological polar surface area (TPSA) is 74.5 Å². The van der Waals surface area contributed by atoms with Gasteiger partial charge in [-0.25, -0.2) is 0 Å². The van der Waals surface area contributed by atoms with Crippen molar-refractivity contribution in [3.05, 3.63) is 17.5 Å². The Balaban J connectivity index is 2.20. The van der Waals surface area contributed by atoms with E-state index in [0.717, 1.165) is 30.3 Å². The maximum absolute atomic E-state index is 12.2. The van der Waals surface area contributed by atoms with E-state index >= 15 is 0 Å². The smallest absolute Gasteiger partial charge is 0.223 e. The van der Waals surface area contributed by atoms with E-state index in [0.29, 0.717) is 13.0 Å². The molecule has 1 amide bonds. The molecule has 1 aliphatic rings. The standard InChI is InChI=1S/C16H28N6O/c1-6-17-16(18-7-2)19-9-12-8-14(23)21(4)15(12)13-10-20-22(5)11(13)3/h10,12,15H,6-9H2,1-5H3,(H2,17,18,19)/t12-,15+/m0/s1. The average Bonchev–Trinajstić information content (AvgIpc) is 2.98. The summed E-state index contributed by atoms with van der Waals surface area (Å²) in [6, 6.07) is 0.0458. The molecule has 23 heavy (non-hydrogen) atoms. The molecule has 0 spiro atoms. The molecule has 0 radical (unpaired) electrons. The van der Waals surface area contributed by atoms with Crippen molar-refractivity contribution in [2.24, 2.45) is 18.0 Å². The molecule has 0 bridgehead atoms. The maximum atomic E-state index is 12.2. The van der Waals surface area contributed by atoms with E-state index in [4.69, 9.17) is 0 Å². The minimum absolute atomic E-state index is 0.0458. The van der Waals surface area contributed by atoms with Crippen LogP contribution < -0.4 is 10.6 Å². The predicted octanol–water partition coefficient (Wildman–Crippen LogP) is 0.823. The lowest BCUT2D eigenvalue weighted by Crippen LogP contribution is -2.37. The molecule has 0 unspecified atom stereocenters. The Hall–Kier alpha value is -2.05. The van der Waals surface area contributed by atoms with Gasteiger partial charge < -0.3 is 15.5 Å². The molecule has 2 heterocycles. The van der Waals surface area contributed by atoms with Crippen LogP contribution in [0.3, 0.4) is 0 Å². The SMILES string of the molecule is CCNC(=NC[C@@H]1CC(=O)N(C)[C@H]1c1cnn(C)c1C)NCC. The fraction of sp³-hybridized carbons (Fsp3) is 0.688. The minimum atomic E-state index is 0.0458. The van der Waals surface area contributed by atoms with Gasteiger partial charge in [0.05, 0.1) is 12.2 Å². The Morgan fingerprint density at radius 1 is 1.35 bits per heavy atom. The lowest BCUT2D eigenvalue weighted by molar-refractivity contribution is -0.127. The molecular formula is C16H28N6O. The number of nitrogens with zero attached hydrogens (tertiary/aromatic N) is 4. The highest BCUT2D eigenvalue weighted by Crippen LogP contribution is 2.38. The molecular weight excluding hydrogens is 292 g/mol. The summed E-state index contributed by atoms with van der Waals surface area (Å²) in [6.45, 7) is 8.39. The molecule has 2 atom stereocenters. The number of amides is 1. The molecule has 7 heteroatoms. The maximum Gasteiger partial charge on any atom is 0.223 e. The first-order valence-corrected chi connectivity index (χ1v) is 8.25. The van der Waals surface area contributed by atoms with E-state index in [1.54, 1.807) is 0 Å². The van der Waals surface area contributed by atoms with Crippen LogP contribution in [0.1, 0.15) is 37.6 Å². The number of likely N-dealkylation sites (tertiary alicyclic amines) is 1. The van der Waals surface area contributed by atoms with Crippen LogP contribution in [0.5, 0.6) is 0 Å². The molecule has 0 aliphatic carbocycles. The van der Waals surface area contributed by atoms with E-state index in [9.17, 15) is 4.79 Å². The first kappa shape index (κ1) is 17.3. The molecule has 128 valence electrons. The fourth-order valence-corrected chi connectivity index (χ4v) is 3.10. The van der Waals surface area contributed by atoms with Gasteiger partial charge in [0.2, 0.25) is 5.91 Å².